The van der Waals surface area contributed by atoms with Crippen molar-refractivity contribution in [1.82, 2.24) is 14.9 Å². The number of aryl methyl sites for hydroxylation is 1. The second-order valence-electron chi connectivity index (χ2n) is 4.34. The van der Waals surface area contributed by atoms with E-state index < -0.39 is 0 Å². The molecule has 1 saturated heterocycles. The summed E-state index contributed by atoms with van der Waals surface area (Å²) in [6.07, 6.45) is 4.16. The zero-order valence-electron chi connectivity index (χ0n) is 9.20. The fourth-order valence-corrected chi connectivity index (χ4v) is 2.65. The Morgan fingerprint density at radius 3 is 3.12 bits per heavy atom. The third-order valence-electron chi connectivity index (χ3n) is 3.29. The van der Waals surface area contributed by atoms with Crippen molar-refractivity contribution >= 4 is 22.6 Å². The fourth-order valence-electron chi connectivity index (χ4n) is 2.48. The van der Waals surface area contributed by atoms with Gasteiger partial charge in [0.1, 0.15) is 5.65 Å². The number of fused-ring (bicyclic) bond motifs is 1. The minimum Gasteiger partial charge on any atom is -0.331 e. The zero-order chi connectivity index (χ0) is 11.1. The third kappa shape index (κ3) is 1.51. The molecule has 1 aliphatic heterocycles. The monoisotopic (exact) mass is 235 g/mol. The van der Waals surface area contributed by atoms with E-state index in [0.717, 1.165) is 17.6 Å². The molecule has 3 heterocycles. The van der Waals surface area contributed by atoms with E-state index in [1.165, 1.54) is 18.5 Å². The molecule has 0 aliphatic carbocycles. The summed E-state index contributed by atoms with van der Waals surface area (Å²) < 4.78 is 2.16. The molecule has 1 unspecified atom stereocenters. The van der Waals surface area contributed by atoms with Crippen molar-refractivity contribution in [3.63, 3.8) is 0 Å². The number of pyridine rings is 1. The fraction of sp³-hybridized carbons (Fsp3) is 0.417. The van der Waals surface area contributed by atoms with E-state index in [-0.39, 0.29) is 0 Å². The van der Waals surface area contributed by atoms with Crippen LogP contribution in [0.4, 0.5) is 0 Å². The molecule has 0 bridgehead atoms. The van der Waals surface area contributed by atoms with Crippen molar-refractivity contribution in [1.29, 1.82) is 0 Å². The molecule has 1 fully saturated rings. The summed E-state index contributed by atoms with van der Waals surface area (Å²) in [5, 5.41) is 5.33. The van der Waals surface area contributed by atoms with Gasteiger partial charge in [-0.3, -0.25) is 0 Å². The molecule has 0 aromatic carbocycles. The Morgan fingerprint density at radius 1 is 1.50 bits per heavy atom. The first-order valence-corrected chi connectivity index (χ1v) is 5.98. The molecule has 1 aliphatic rings. The Bertz CT molecular complexity index is 526. The van der Waals surface area contributed by atoms with Crippen LogP contribution in [0.2, 0.25) is 5.02 Å². The highest BCUT2D eigenvalue weighted by atomic mass is 35.5. The Morgan fingerprint density at radius 2 is 2.38 bits per heavy atom. The number of nitrogens with zero attached hydrogens (tertiary/aromatic N) is 2. The molecule has 16 heavy (non-hydrogen) atoms. The van der Waals surface area contributed by atoms with Gasteiger partial charge >= 0.3 is 0 Å². The summed E-state index contributed by atoms with van der Waals surface area (Å²) in [5.74, 6) is 0. The summed E-state index contributed by atoms with van der Waals surface area (Å²) in [4.78, 5) is 4.38. The Labute approximate surface area is 99.4 Å². The van der Waals surface area contributed by atoms with E-state index >= 15 is 0 Å². The highest BCUT2D eigenvalue weighted by Gasteiger charge is 2.20. The highest BCUT2D eigenvalue weighted by Crippen LogP contribution is 2.28. The van der Waals surface area contributed by atoms with Crippen LogP contribution in [0, 0.1) is 0 Å². The van der Waals surface area contributed by atoms with Crippen LogP contribution in [-0.4, -0.2) is 16.1 Å². The van der Waals surface area contributed by atoms with Gasteiger partial charge in [0.05, 0.1) is 5.02 Å². The van der Waals surface area contributed by atoms with Gasteiger partial charge in [-0.05, 0) is 31.5 Å². The first-order chi connectivity index (χ1) is 7.75. The Hall–Kier alpha value is -1.06. The number of hydrogen-bond donors (Lipinski definition) is 1. The maximum absolute atomic E-state index is 5.95. The van der Waals surface area contributed by atoms with Crippen LogP contribution in [-0.2, 0) is 7.05 Å². The number of aromatic nitrogens is 2. The van der Waals surface area contributed by atoms with Crippen molar-refractivity contribution in [3.8, 4) is 0 Å². The van der Waals surface area contributed by atoms with Gasteiger partial charge in [0.2, 0.25) is 0 Å². The molecule has 1 N–H and O–H groups in total. The van der Waals surface area contributed by atoms with Crippen molar-refractivity contribution in [2.24, 2.45) is 7.05 Å². The van der Waals surface area contributed by atoms with E-state index in [0.29, 0.717) is 11.1 Å². The molecule has 0 spiro atoms. The normalized spacial score (nSPS) is 20.8. The van der Waals surface area contributed by atoms with Crippen LogP contribution in [0.15, 0.2) is 18.3 Å². The maximum atomic E-state index is 5.95. The minimum atomic E-state index is 0.470. The van der Waals surface area contributed by atoms with Crippen molar-refractivity contribution in [2.45, 2.75) is 18.9 Å². The predicted molar refractivity (Wildman–Crippen MR) is 65.7 cm³/mol. The molecule has 2 aromatic rings. The molecular weight excluding hydrogens is 222 g/mol. The van der Waals surface area contributed by atoms with E-state index in [1.54, 1.807) is 6.20 Å². The summed E-state index contributed by atoms with van der Waals surface area (Å²) in [7, 11) is 2.07. The molecule has 0 saturated carbocycles. The summed E-state index contributed by atoms with van der Waals surface area (Å²) in [5.41, 5.74) is 2.32. The average molecular weight is 236 g/mol. The van der Waals surface area contributed by atoms with E-state index in [1.807, 2.05) is 6.07 Å². The topological polar surface area (TPSA) is 29.9 Å². The van der Waals surface area contributed by atoms with Crippen LogP contribution < -0.4 is 5.32 Å². The van der Waals surface area contributed by atoms with Crippen LogP contribution in [0.25, 0.3) is 11.0 Å². The molecule has 0 radical (unpaired) electrons. The minimum absolute atomic E-state index is 0.470. The predicted octanol–water partition coefficient (Wildman–Crippen LogP) is 2.65. The molecular formula is C12H14ClN3. The quantitative estimate of drug-likeness (QED) is 0.824. The second-order valence-corrected chi connectivity index (χ2v) is 4.78. The first-order valence-electron chi connectivity index (χ1n) is 5.60. The van der Waals surface area contributed by atoms with Gasteiger partial charge in [-0.15, -0.1) is 0 Å². The molecule has 3 nitrogen and oxygen atoms in total. The van der Waals surface area contributed by atoms with Gasteiger partial charge in [-0.25, -0.2) is 4.98 Å². The Kier molecular flexibility index (Phi) is 2.37. The number of halogens is 1. The molecule has 4 heteroatoms. The van der Waals surface area contributed by atoms with Crippen LogP contribution in [0.1, 0.15) is 24.6 Å². The standard InChI is InChI=1S/C12H14ClN3/c1-16-11(10-3-2-4-14-10)6-8-5-9(13)7-15-12(8)16/h5-7,10,14H,2-4H2,1H3. The van der Waals surface area contributed by atoms with Gasteiger partial charge in [0.15, 0.2) is 0 Å². The van der Waals surface area contributed by atoms with E-state index in [2.05, 4.69) is 28.0 Å². The maximum Gasteiger partial charge on any atom is 0.139 e. The highest BCUT2D eigenvalue weighted by molar-refractivity contribution is 6.31. The lowest BCUT2D eigenvalue weighted by Crippen LogP contribution is -2.15. The van der Waals surface area contributed by atoms with E-state index in [9.17, 15) is 0 Å². The molecule has 2 aromatic heterocycles. The Balaban J connectivity index is 2.14. The van der Waals surface area contributed by atoms with Crippen LogP contribution in [0.3, 0.4) is 0 Å². The van der Waals surface area contributed by atoms with Gasteiger partial charge < -0.3 is 9.88 Å². The van der Waals surface area contributed by atoms with Crippen LogP contribution in [0.5, 0.6) is 0 Å². The molecule has 84 valence electrons. The molecule has 0 amide bonds. The third-order valence-corrected chi connectivity index (χ3v) is 3.49. The van der Waals surface area contributed by atoms with Crippen LogP contribution >= 0.6 is 11.6 Å². The van der Waals surface area contributed by atoms with Gasteiger partial charge in [-0.1, -0.05) is 11.6 Å². The van der Waals surface area contributed by atoms with Gasteiger partial charge in [0, 0.05) is 30.4 Å². The number of hydrogen-bond acceptors (Lipinski definition) is 2. The summed E-state index contributed by atoms with van der Waals surface area (Å²) >= 11 is 5.95. The van der Waals surface area contributed by atoms with E-state index in [4.69, 9.17) is 11.6 Å². The average Bonchev–Trinajstić information content (AvgIpc) is 2.86. The SMILES string of the molecule is Cn1c(C2CCCN2)cc2cc(Cl)cnc21. The number of nitrogens with one attached hydrogen (secondary N) is 1. The summed E-state index contributed by atoms with van der Waals surface area (Å²) in [6.45, 7) is 1.11. The largest absolute Gasteiger partial charge is 0.331 e. The number of rotatable bonds is 1. The first kappa shape index (κ1) is 10.1. The second kappa shape index (κ2) is 3.75. The van der Waals surface area contributed by atoms with Crippen molar-refractivity contribution < 1.29 is 0 Å². The molecule has 1 atom stereocenters. The van der Waals surface area contributed by atoms with Gasteiger partial charge in [0.25, 0.3) is 0 Å². The van der Waals surface area contributed by atoms with Gasteiger partial charge in [-0.2, -0.15) is 0 Å². The molecule has 3 rings (SSSR count). The zero-order valence-corrected chi connectivity index (χ0v) is 9.96. The summed E-state index contributed by atoms with van der Waals surface area (Å²) in [6, 6.07) is 4.64. The van der Waals surface area contributed by atoms with Crippen molar-refractivity contribution in [2.75, 3.05) is 6.54 Å². The smallest absolute Gasteiger partial charge is 0.139 e. The lowest BCUT2D eigenvalue weighted by molar-refractivity contribution is 0.603. The lowest BCUT2D eigenvalue weighted by atomic mass is 10.1. The van der Waals surface area contributed by atoms with Crippen molar-refractivity contribution in [3.05, 3.63) is 29.0 Å². The lowest BCUT2D eigenvalue weighted by Gasteiger charge is -2.11.